The first-order valence-corrected chi connectivity index (χ1v) is 22.4. The molecule has 5 aromatic carbocycles. The molecule has 5 rings (SSSR count). The summed E-state index contributed by atoms with van der Waals surface area (Å²) >= 11 is 0. The van der Waals surface area contributed by atoms with Crippen LogP contribution in [-0.2, 0) is 30.5 Å². The van der Waals surface area contributed by atoms with Gasteiger partial charge in [0, 0.05) is 11.1 Å². The van der Waals surface area contributed by atoms with Crippen LogP contribution in [0.25, 0.3) is 32.7 Å². The van der Waals surface area contributed by atoms with Gasteiger partial charge in [0.25, 0.3) is 5.91 Å². The van der Waals surface area contributed by atoms with E-state index in [4.69, 9.17) is 25.7 Å². The predicted molar refractivity (Wildman–Crippen MR) is 254 cm³/mol. The molecule has 0 aliphatic rings. The van der Waals surface area contributed by atoms with Crippen LogP contribution in [0, 0.1) is 5.92 Å². The zero-order valence-corrected chi connectivity index (χ0v) is 37.6. The number of ether oxygens (including phenoxy) is 3. The van der Waals surface area contributed by atoms with E-state index in [0.717, 1.165) is 44.7 Å². The first-order chi connectivity index (χ1) is 31.5. The number of hydrogen-bond donors (Lipinski definition) is 7. The Balaban J connectivity index is 1.37. The third-order valence-electron chi connectivity index (χ3n) is 10.8. The van der Waals surface area contributed by atoms with Crippen molar-refractivity contribution in [2.75, 3.05) is 26.3 Å². The molecular formula is C51H65N7O7+2. The number of rotatable bonds is 26. The third-order valence-corrected chi connectivity index (χ3v) is 10.8. The van der Waals surface area contributed by atoms with Crippen molar-refractivity contribution in [2.24, 2.45) is 17.4 Å². The minimum atomic E-state index is -1.10. The molecule has 0 heterocycles. The lowest BCUT2D eigenvalue weighted by atomic mass is 9.92. The van der Waals surface area contributed by atoms with Crippen molar-refractivity contribution in [3.05, 3.63) is 121 Å². The summed E-state index contributed by atoms with van der Waals surface area (Å²) in [6.07, 6.45) is 4.58. The second-order valence-corrected chi connectivity index (χ2v) is 16.4. The van der Waals surface area contributed by atoms with E-state index >= 15 is 0 Å². The second kappa shape index (κ2) is 25.4. The van der Waals surface area contributed by atoms with E-state index in [1.165, 1.54) is 6.08 Å². The molecule has 0 saturated carbocycles. The summed E-state index contributed by atoms with van der Waals surface area (Å²) in [7, 11) is 0. The van der Waals surface area contributed by atoms with Crippen LogP contribution in [0.1, 0.15) is 64.4 Å². The van der Waals surface area contributed by atoms with Gasteiger partial charge in [0.2, 0.25) is 11.8 Å². The number of nitrogens with one attached hydrogen (secondary N) is 4. The molecule has 0 bridgehead atoms. The minimum Gasteiger partial charge on any atom is -0.493 e. The monoisotopic (exact) mass is 887 g/mol. The average molecular weight is 888 g/mol. The van der Waals surface area contributed by atoms with Gasteiger partial charge in [0.1, 0.15) is 36.2 Å². The Hall–Kier alpha value is -6.93. The fourth-order valence-electron chi connectivity index (χ4n) is 7.40. The zero-order chi connectivity index (χ0) is 46.6. The van der Waals surface area contributed by atoms with Gasteiger partial charge in [0.05, 0.1) is 19.7 Å². The van der Waals surface area contributed by atoms with E-state index < -0.39 is 48.4 Å². The Morgan fingerprint density at radius 3 is 1.86 bits per heavy atom. The van der Waals surface area contributed by atoms with Gasteiger partial charge in [-0.3, -0.25) is 30.8 Å². The number of unbranched alkanes of at least 4 members (excludes halogenated alkanes) is 1. The Labute approximate surface area is 381 Å². The Morgan fingerprint density at radius 1 is 0.692 bits per heavy atom. The molecule has 3 atom stereocenters. The second-order valence-electron chi connectivity index (χ2n) is 16.4. The average Bonchev–Trinajstić information content (AvgIpc) is 3.30. The summed E-state index contributed by atoms with van der Waals surface area (Å²) in [6.45, 7) is 9.15. The molecule has 5 aromatic rings. The number of fused-ring (bicyclic) bond motifs is 2. The molecule has 14 nitrogen and oxygen atoms in total. The third kappa shape index (κ3) is 14.8. The lowest BCUT2D eigenvalue weighted by Gasteiger charge is -2.25. The van der Waals surface area contributed by atoms with E-state index in [1.54, 1.807) is 0 Å². The molecule has 0 aliphatic heterocycles. The first kappa shape index (κ1) is 49.1. The maximum absolute atomic E-state index is 14.1. The topological polar surface area (TPSA) is 226 Å². The number of nitrogens with two attached hydrogens (primary N) is 2. The lowest BCUT2D eigenvalue weighted by Crippen LogP contribution is -2.78. The normalized spacial score (nSPS) is 12.4. The fraction of sp³-hybridized carbons (Fsp3) is 0.353. The van der Waals surface area contributed by atoms with Crippen molar-refractivity contribution in [3.8, 4) is 22.6 Å². The smallest absolute Gasteiger partial charge is 0.338 e. The van der Waals surface area contributed by atoms with Crippen LogP contribution in [0.15, 0.2) is 116 Å². The van der Waals surface area contributed by atoms with Gasteiger partial charge in [-0.2, -0.15) is 0 Å². The zero-order valence-electron chi connectivity index (χ0n) is 37.6. The molecule has 0 saturated heterocycles. The minimum absolute atomic E-state index is 0.0148. The predicted octanol–water partition coefficient (Wildman–Crippen LogP) is 3.78. The van der Waals surface area contributed by atoms with Gasteiger partial charge < -0.3 is 35.9 Å². The van der Waals surface area contributed by atoms with E-state index in [-0.39, 0.29) is 31.8 Å². The lowest BCUT2D eigenvalue weighted by molar-refractivity contribution is -0.459. The van der Waals surface area contributed by atoms with Crippen LogP contribution in [0.3, 0.4) is 0 Å². The van der Waals surface area contributed by atoms with Gasteiger partial charge >= 0.3 is 11.9 Å². The van der Waals surface area contributed by atoms with Gasteiger partial charge in [0.15, 0.2) is 6.61 Å². The van der Waals surface area contributed by atoms with Crippen molar-refractivity contribution >= 4 is 51.2 Å². The first-order valence-electron chi connectivity index (χ1n) is 22.4. The number of esters is 1. The Bertz CT molecular complexity index is 2400. The summed E-state index contributed by atoms with van der Waals surface area (Å²) in [5.41, 5.74) is 17.5. The number of carbonyl (C=O) groups excluding carboxylic acids is 4. The molecule has 0 aromatic heterocycles. The number of hydrogen-bond acceptors (Lipinski definition) is 7. The maximum Gasteiger partial charge on any atom is 0.338 e. The van der Waals surface area contributed by atoms with Gasteiger partial charge in [-0.25, -0.2) is 4.79 Å². The molecular weight excluding hydrogens is 823 g/mol. The molecule has 14 heteroatoms. The number of amides is 3. The standard InChI is InChI=1S/C51H63N7O7/c1-4-15-42(50(62)65-32-35-16-6-5-7-17-35)58-49(61)41(23-14-30-55-51(53)54)57-48(60)40(22-12-13-29-52)56-45(59)33-64-44-27-25-37-19-9-11-21-39(37)47(44)46-38-20-10-8-18-36(38)24-26-43(46)63-31-28-34(2)3/h4-11,16-21,24-27,34,40-42H,1,12-15,22-23,28-33,52H2,2-3H3,(H,56,59)(H,57,60)(H,58,61)(H4,53,54,55)/p+2/t40-,41-,42+/m1/s1. The molecule has 11 N–H and O–H groups in total. The van der Waals surface area contributed by atoms with Crippen LogP contribution in [-0.4, -0.2) is 74.1 Å². The molecule has 344 valence electrons. The van der Waals surface area contributed by atoms with Crippen molar-refractivity contribution in [2.45, 2.75) is 83.5 Å². The quantitative estimate of drug-likeness (QED) is 0.0141. The van der Waals surface area contributed by atoms with Gasteiger partial charge in [-0.05, 0) is 90.1 Å². The van der Waals surface area contributed by atoms with Crippen molar-refractivity contribution in [1.29, 1.82) is 0 Å². The summed E-state index contributed by atoms with van der Waals surface area (Å²) in [6, 6.07) is 29.9. The van der Waals surface area contributed by atoms with Crippen LogP contribution in [0.2, 0.25) is 0 Å². The Kier molecular flexibility index (Phi) is 19.2. The summed E-state index contributed by atoms with van der Waals surface area (Å²) in [4.78, 5) is 57.9. The van der Waals surface area contributed by atoms with E-state index in [2.05, 4.69) is 59.2 Å². The number of benzene rings is 5. The highest BCUT2D eigenvalue weighted by Crippen LogP contribution is 2.45. The SMILES string of the molecule is C=CC[C@H](NC(=O)[C@@H](CCC[NH+]=C(N)N)NC(=O)[C@@H](CCCC[NH3+])NC(=O)COc1ccc2ccccc2c1-c1c(OCCC(C)C)ccc2ccccc12)C(=O)OCc1ccccc1. The molecule has 0 radical (unpaired) electrons. The van der Waals surface area contributed by atoms with Crippen molar-refractivity contribution in [3.63, 3.8) is 0 Å². The largest absolute Gasteiger partial charge is 0.493 e. The Morgan fingerprint density at radius 2 is 1.26 bits per heavy atom. The fourth-order valence-corrected chi connectivity index (χ4v) is 7.40. The molecule has 0 unspecified atom stereocenters. The molecule has 0 spiro atoms. The van der Waals surface area contributed by atoms with E-state index in [1.807, 2.05) is 91.0 Å². The van der Waals surface area contributed by atoms with Crippen LogP contribution >= 0.6 is 0 Å². The summed E-state index contributed by atoms with van der Waals surface area (Å²) in [5.74, 6) is -0.718. The molecule has 65 heavy (non-hydrogen) atoms. The van der Waals surface area contributed by atoms with Crippen LogP contribution in [0.4, 0.5) is 0 Å². The highest BCUT2D eigenvalue weighted by atomic mass is 16.5. The molecule has 0 aliphatic carbocycles. The van der Waals surface area contributed by atoms with Crippen LogP contribution in [0.5, 0.6) is 11.5 Å². The highest BCUT2D eigenvalue weighted by molar-refractivity contribution is 6.10. The highest BCUT2D eigenvalue weighted by Gasteiger charge is 2.30. The van der Waals surface area contributed by atoms with Crippen molar-refractivity contribution < 1.29 is 44.1 Å². The van der Waals surface area contributed by atoms with E-state index in [0.29, 0.717) is 56.4 Å². The summed E-state index contributed by atoms with van der Waals surface area (Å²) in [5, 5.41) is 12.4. The van der Waals surface area contributed by atoms with Crippen LogP contribution < -0.4 is 47.6 Å². The van der Waals surface area contributed by atoms with E-state index in [9.17, 15) is 19.2 Å². The number of guanidine groups is 1. The maximum atomic E-state index is 14.1. The number of quaternary nitrogens is 1. The molecule has 3 amide bonds. The summed E-state index contributed by atoms with van der Waals surface area (Å²) < 4.78 is 18.4. The number of carbonyl (C=O) groups is 4. The molecule has 0 fully saturated rings. The van der Waals surface area contributed by atoms with Gasteiger partial charge in [-0.15, -0.1) is 6.58 Å². The van der Waals surface area contributed by atoms with Gasteiger partial charge in [-0.1, -0.05) is 111 Å². The van der Waals surface area contributed by atoms with Crippen molar-refractivity contribution in [1.82, 2.24) is 16.0 Å².